The number of ether oxygens (including phenoxy) is 3. The van der Waals surface area contributed by atoms with Crippen LogP contribution < -0.4 is 26.6 Å². The fourth-order valence-corrected chi connectivity index (χ4v) is 7.97. The quantitative estimate of drug-likeness (QED) is 0.142. The van der Waals surface area contributed by atoms with E-state index in [1.165, 1.54) is 0 Å². The van der Waals surface area contributed by atoms with Crippen LogP contribution in [-0.2, 0) is 23.8 Å². The first-order valence-electron chi connectivity index (χ1n) is 17.8. The molecule has 14 heteroatoms. The van der Waals surface area contributed by atoms with Crippen LogP contribution in [0.25, 0.3) is 0 Å². The molecule has 5 saturated heterocycles. The number of aliphatic hydroxyl groups excluding tert-OH is 1. The van der Waals surface area contributed by atoms with Crippen molar-refractivity contribution in [2.75, 3.05) is 85.5 Å². The van der Waals surface area contributed by atoms with Crippen molar-refractivity contribution in [1.82, 2.24) is 41.3 Å². The number of nitrogens with zero attached hydrogens (tertiary/aromatic N) is 3. The lowest BCUT2D eigenvalue weighted by molar-refractivity contribution is -0.137. The lowest BCUT2D eigenvalue weighted by atomic mass is 9.74. The monoisotopic (exact) mass is 650 g/mol. The van der Waals surface area contributed by atoms with Crippen molar-refractivity contribution in [3.63, 3.8) is 0 Å². The fraction of sp³-hybridized carbons (Fsp3) is 0.938. The largest absolute Gasteiger partial charge is 0.390 e. The number of rotatable bonds is 12. The lowest BCUT2D eigenvalue weighted by Crippen LogP contribution is -2.73. The second kappa shape index (κ2) is 16.3. The van der Waals surface area contributed by atoms with Crippen LogP contribution in [0.5, 0.6) is 0 Å². The normalized spacial score (nSPS) is 35.5. The van der Waals surface area contributed by atoms with Crippen molar-refractivity contribution >= 4 is 11.8 Å². The van der Waals surface area contributed by atoms with E-state index in [9.17, 15) is 14.7 Å². The van der Waals surface area contributed by atoms with E-state index in [1.54, 1.807) is 0 Å². The Morgan fingerprint density at radius 1 is 1.02 bits per heavy atom. The Kier molecular flexibility index (Phi) is 12.2. The SMILES string of the molecule is CC(C)C(=O)N1CCN(C2NC(NC3COC3)CC(C(=O)NC[C@H](O)CN3CCC4CC(OCC5CNCO5)CCC4C3)N2)CC1. The molecular weight excluding hydrogens is 592 g/mol. The summed E-state index contributed by atoms with van der Waals surface area (Å²) < 4.78 is 17.2. The Balaban J connectivity index is 0.929. The lowest BCUT2D eigenvalue weighted by Gasteiger charge is -2.46. The van der Waals surface area contributed by atoms with Crippen molar-refractivity contribution in [1.29, 1.82) is 0 Å². The van der Waals surface area contributed by atoms with E-state index in [2.05, 4.69) is 36.4 Å². The van der Waals surface area contributed by atoms with E-state index >= 15 is 0 Å². The Bertz CT molecular complexity index is 992. The van der Waals surface area contributed by atoms with Gasteiger partial charge in [0.25, 0.3) is 0 Å². The summed E-state index contributed by atoms with van der Waals surface area (Å²) in [7, 11) is 0. The highest BCUT2D eigenvalue weighted by Gasteiger charge is 2.39. The van der Waals surface area contributed by atoms with E-state index in [4.69, 9.17) is 14.2 Å². The molecule has 0 aromatic carbocycles. The van der Waals surface area contributed by atoms with E-state index in [-0.39, 0.29) is 48.9 Å². The first kappa shape index (κ1) is 34.4. The van der Waals surface area contributed by atoms with E-state index in [0.717, 1.165) is 58.4 Å². The Hall–Kier alpha value is -1.46. The molecule has 0 aromatic heterocycles. The summed E-state index contributed by atoms with van der Waals surface area (Å²) in [6.07, 6.45) is 4.74. The van der Waals surface area contributed by atoms with Gasteiger partial charge in [-0.05, 0) is 44.1 Å². The summed E-state index contributed by atoms with van der Waals surface area (Å²) in [5.74, 6) is 1.42. The fourth-order valence-electron chi connectivity index (χ4n) is 7.97. The molecule has 1 saturated carbocycles. The summed E-state index contributed by atoms with van der Waals surface area (Å²) in [6, 6.07) is -0.130. The third kappa shape index (κ3) is 9.16. The van der Waals surface area contributed by atoms with Gasteiger partial charge in [-0.2, -0.15) is 0 Å². The molecule has 8 atom stereocenters. The molecule has 0 spiro atoms. The van der Waals surface area contributed by atoms with Crippen LogP contribution in [0.2, 0.25) is 0 Å². The van der Waals surface area contributed by atoms with Gasteiger partial charge >= 0.3 is 0 Å². The number of hydrogen-bond donors (Lipinski definition) is 6. The highest BCUT2D eigenvalue weighted by molar-refractivity contribution is 5.82. The molecule has 46 heavy (non-hydrogen) atoms. The zero-order chi connectivity index (χ0) is 32.0. The van der Waals surface area contributed by atoms with E-state index in [0.29, 0.717) is 70.5 Å². The molecule has 2 amide bonds. The zero-order valence-corrected chi connectivity index (χ0v) is 27.8. The van der Waals surface area contributed by atoms with Crippen LogP contribution in [-0.4, -0.2) is 160 Å². The molecule has 6 rings (SSSR count). The van der Waals surface area contributed by atoms with Crippen molar-refractivity contribution < 1.29 is 28.9 Å². The molecule has 0 aromatic rings. The molecule has 6 fully saturated rings. The van der Waals surface area contributed by atoms with Crippen LogP contribution >= 0.6 is 0 Å². The highest BCUT2D eigenvalue weighted by Crippen LogP contribution is 2.37. The second-order valence-corrected chi connectivity index (χ2v) is 14.6. The van der Waals surface area contributed by atoms with Crippen LogP contribution in [0.15, 0.2) is 0 Å². The number of aliphatic hydroxyl groups is 1. The minimum absolute atomic E-state index is 0.00799. The minimum Gasteiger partial charge on any atom is -0.390 e. The topological polar surface area (TPSA) is 152 Å². The predicted molar refractivity (Wildman–Crippen MR) is 171 cm³/mol. The smallest absolute Gasteiger partial charge is 0.237 e. The molecule has 0 bridgehead atoms. The van der Waals surface area contributed by atoms with Crippen LogP contribution in [0.3, 0.4) is 0 Å². The first-order valence-corrected chi connectivity index (χ1v) is 17.8. The van der Waals surface area contributed by atoms with E-state index in [1.807, 2.05) is 18.7 Å². The Morgan fingerprint density at radius 2 is 1.85 bits per heavy atom. The van der Waals surface area contributed by atoms with Gasteiger partial charge in [-0.1, -0.05) is 13.8 Å². The van der Waals surface area contributed by atoms with Gasteiger partial charge in [0.15, 0.2) is 0 Å². The van der Waals surface area contributed by atoms with Crippen molar-refractivity contribution in [2.45, 2.75) is 88.8 Å². The number of carbonyl (C=O) groups is 2. The van der Waals surface area contributed by atoms with Crippen LogP contribution in [0.1, 0.15) is 46.0 Å². The van der Waals surface area contributed by atoms with Crippen molar-refractivity contribution in [2.24, 2.45) is 17.8 Å². The molecule has 5 heterocycles. The number of hydrogen-bond acceptors (Lipinski definition) is 12. The number of amides is 2. The number of carbonyl (C=O) groups excluding carboxylic acids is 2. The van der Waals surface area contributed by atoms with Gasteiger partial charge in [0, 0.05) is 64.7 Å². The Morgan fingerprint density at radius 3 is 2.57 bits per heavy atom. The summed E-state index contributed by atoms with van der Waals surface area (Å²) in [5, 5.41) is 27.9. The summed E-state index contributed by atoms with van der Waals surface area (Å²) in [5.41, 5.74) is 0. The van der Waals surface area contributed by atoms with Gasteiger partial charge < -0.3 is 34.4 Å². The van der Waals surface area contributed by atoms with Gasteiger partial charge in [-0.3, -0.25) is 35.8 Å². The van der Waals surface area contributed by atoms with Crippen molar-refractivity contribution in [3.8, 4) is 0 Å². The number of piperazine rings is 1. The number of nitrogens with one attached hydrogen (secondary N) is 5. The van der Waals surface area contributed by atoms with Gasteiger partial charge in [-0.25, -0.2) is 0 Å². The maximum absolute atomic E-state index is 13.4. The average Bonchev–Trinajstić information content (AvgIpc) is 3.58. The third-order valence-corrected chi connectivity index (χ3v) is 10.8. The molecular formula is C32H58N8O6. The first-order chi connectivity index (χ1) is 22.3. The standard InChI is InChI=1S/C32H58N8O6/c1-21(2)31(43)39-7-9-40(10-8-39)32-36-28(12-29(37-32)35-24-17-44-18-24)30(42)34-13-25(41)16-38-6-5-22-11-26(4-3-23(22)15-38)45-19-27-14-33-20-46-27/h21-29,32-33,35-37,41H,3-20H2,1-2H3,(H,34,42)/t22?,23?,25-,26?,27?,28?,29?,32?/m0/s1. The average molecular weight is 651 g/mol. The molecule has 5 aliphatic heterocycles. The summed E-state index contributed by atoms with van der Waals surface area (Å²) >= 11 is 0. The van der Waals surface area contributed by atoms with Gasteiger partial charge in [0.1, 0.15) is 6.29 Å². The number of β-amino-alcohol motifs (C(OH)–C–C–N with tert-alkyl or cyclic N) is 1. The van der Waals surface area contributed by atoms with Crippen LogP contribution in [0, 0.1) is 17.8 Å². The van der Waals surface area contributed by atoms with E-state index < -0.39 is 12.1 Å². The number of fused-ring (bicyclic) bond motifs is 1. The highest BCUT2D eigenvalue weighted by atomic mass is 16.5. The molecule has 6 N–H and O–H groups in total. The molecule has 262 valence electrons. The molecule has 14 nitrogen and oxygen atoms in total. The predicted octanol–water partition coefficient (Wildman–Crippen LogP) is -1.73. The minimum atomic E-state index is -0.620. The maximum atomic E-state index is 13.4. The van der Waals surface area contributed by atoms with Crippen LogP contribution in [0.4, 0.5) is 0 Å². The molecule has 1 aliphatic carbocycles. The second-order valence-electron chi connectivity index (χ2n) is 14.6. The van der Waals surface area contributed by atoms with Crippen molar-refractivity contribution in [3.05, 3.63) is 0 Å². The number of piperidine rings is 1. The molecule has 6 aliphatic rings. The third-order valence-electron chi connectivity index (χ3n) is 10.8. The summed E-state index contributed by atoms with van der Waals surface area (Å²) in [6.45, 7) is 13.0. The van der Waals surface area contributed by atoms with Gasteiger partial charge in [0.2, 0.25) is 11.8 Å². The molecule has 0 radical (unpaired) electrons. The molecule has 7 unspecified atom stereocenters. The van der Waals surface area contributed by atoms with Gasteiger partial charge in [0.05, 0.1) is 63.1 Å². The Labute approximate surface area is 274 Å². The summed E-state index contributed by atoms with van der Waals surface area (Å²) in [4.78, 5) is 32.5. The number of likely N-dealkylation sites (tertiary alicyclic amines) is 1. The zero-order valence-electron chi connectivity index (χ0n) is 27.8. The van der Waals surface area contributed by atoms with Gasteiger partial charge in [-0.15, -0.1) is 0 Å². The maximum Gasteiger partial charge on any atom is 0.237 e.